The minimum Gasteiger partial charge on any atom is -0.378 e. The van der Waals surface area contributed by atoms with E-state index in [0.717, 1.165) is 5.56 Å². The summed E-state index contributed by atoms with van der Waals surface area (Å²) in [5.41, 5.74) is 2.80. The third-order valence-electron chi connectivity index (χ3n) is 5.46. The molecule has 7 heteroatoms. The van der Waals surface area contributed by atoms with Gasteiger partial charge in [0.25, 0.3) is 11.5 Å². The molecule has 1 fully saturated rings. The van der Waals surface area contributed by atoms with Gasteiger partial charge >= 0.3 is 0 Å². The number of hydrogen-bond donors (Lipinski definition) is 0. The summed E-state index contributed by atoms with van der Waals surface area (Å²) < 4.78 is 8.65. The van der Waals surface area contributed by atoms with Crippen molar-refractivity contribution in [2.24, 2.45) is 0 Å². The van der Waals surface area contributed by atoms with Crippen LogP contribution < -0.4 is 5.56 Å². The van der Waals surface area contributed by atoms with Gasteiger partial charge in [0.05, 0.1) is 30.0 Å². The fourth-order valence-electron chi connectivity index (χ4n) is 3.88. The molecule has 0 N–H and O–H groups in total. The molecule has 156 valence electrons. The lowest BCUT2D eigenvalue weighted by atomic mass is 10.1. The number of para-hydroxylation sites is 1. The maximum Gasteiger partial charge on any atom is 0.282 e. The number of rotatable bonds is 4. The largest absolute Gasteiger partial charge is 0.378 e. The maximum atomic E-state index is 13.4. The molecule has 3 aliphatic rings. The van der Waals surface area contributed by atoms with Crippen molar-refractivity contribution in [3.8, 4) is 16.9 Å². The van der Waals surface area contributed by atoms with Gasteiger partial charge in [0.1, 0.15) is 5.69 Å². The first-order chi connectivity index (χ1) is 15.2. The molecule has 0 spiro atoms. The van der Waals surface area contributed by atoms with Gasteiger partial charge in [0.2, 0.25) is 0 Å². The number of morpholine rings is 1. The van der Waals surface area contributed by atoms with Crippen molar-refractivity contribution >= 4 is 5.91 Å². The zero-order valence-electron chi connectivity index (χ0n) is 17.0. The SMILES string of the molecule is O=C(c1cn(Cc2ccccc2)cc2c(=O)n(-c3ccccc3)nc1-2)N1CCOCC1. The first-order valence-electron chi connectivity index (χ1n) is 10.3. The molecule has 3 aliphatic heterocycles. The van der Waals surface area contributed by atoms with E-state index in [2.05, 4.69) is 5.10 Å². The number of fused-ring (bicyclic) bond motifs is 1. The molecular formula is C24H22N4O3. The Morgan fingerprint density at radius 1 is 0.935 bits per heavy atom. The highest BCUT2D eigenvalue weighted by Gasteiger charge is 2.28. The van der Waals surface area contributed by atoms with Crippen LogP contribution in [0.5, 0.6) is 0 Å². The van der Waals surface area contributed by atoms with E-state index in [1.54, 1.807) is 17.3 Å². The molecule has 2 aromatic carbocycles. The second-order valence-electron chi connectivity index (χ2n) is 7.55. The Bertz CT molecular complexity index is 1220. The summed E-state index contributed by atoms with van der Waals surface area (Å²) in [6.45, 7) is 2.62. The van der Waals surface area contributed by atoms with Crippen LogP contribution in [-0.4, -0.2) is 51.5 Å². The van der Waals surface area contributed by atoms with Gasteiger partial charge in [-0.2, -0.15) is 9.78 Å². The maximum absolute atomic E-state index is 13.4. The molecule has 0 unspecified atom stereocenters. The number of aromatic nitrogens is 3. The van der Waals surface area contributed by atoms with E-state index in [4.69, 9.17) is 4.74 Å². The third kappa shape index (κ3) is 3.75. The molecule has 5 rings (SSSR count). The van der Waals surface area contributed by atoms with Crippen LogP contribution in [0, 0.1) is 0 Å². The first kappa shape index (κ1) is 19.3. The lowest BCUT2D eigenvalue weighted by Crippen LogP contribution is -2.41. The highest BCUT2D eigenvalue weighted by molar-refractivity contribution is 6.00. The van der Waals surface area contributed by atoms with Gasteiger partial charge in [-0.3, -0.25) is 9.59 Å². The molecule has 31 heavy (non-hydrogen) atoms. The van der Waals surface area contributed by atoms with Gasteiger partial charge in [-0.15, -0.1) is 0 Å². The zero-order valence-corrected chi connectivity index (χ0v) is 17.0. The van der Waals surface area contributed by atoms with E-state index in [1.807, 2.05) is 65.2 Å². The lowest BCUT2D eigenvalue weighted by Gasteiger charge is -2.27. The van der Waals surface area contributed by atoms with Crippen molar-refractivity contribution in [2.75, 3.05) is 26.3 Å². The van der Waals surface area contributed by atoms with Crippen LogP contribution in [0.2, 0.25) is 0 Å². The number of amides is 1. The average molecular weight is 414 g/mol. The van der Waals surface area contributed by atoms with Crippen molar-refractivity contribution in [2.45, 2.75) is 6.54 Å². The van der Waals surface area contributed by atoms with Crippen LogP contribution in [0.1, 0.15) is 15.9 Å². The van der Waals surface area contributed by atoms with E-state index < -0.39 is 0 Å². The molecule has 0 atom stereocenters. The summed E-state index contributed by atoms with van der Waals surface area (Å²) in [7, 11) is 0. The van der Waals surface area contributed by atoms with Crippen LogP contribution in [0.15, 0.2) is 77.9 Å². The number of pyridine rings is 1. The number of ether oxygens (including phenoxy) is 1. The van der Waals surface area contributed by atoms with Crippen molar-refractivity contribution in [3.63, 3.8) is 0 Å². The number of carbonyl (C=O) groups excluding carboxylic acids is 1. The molecule has 3 heterocycles. The Labute approximate surface area is 179 Å². The highest BCUT2D eigenvalue weighted by Crippen LogP contribution is 2.24. The minimum atomic E-state index is -0.236. The third-order valence-corrected chi connectivity index (χ3v) is 5.46. The quantitative estimate of drug-likeness (QED) is 0.515. The molecule has 0 saturated carbocycles. The topological polar surface area (TPSA) is 69.4 Å². The Hall–Kier alpha value is -3.71. The van der Waals surface area contributed by atoms with Gasteiger partial charge in [0.15, 0.2) is 0 Å². The molecule has 0 aliphatic carbocycles. The smallest absolute Gasteiger partial charge is 0.282 e. The fraction of sp³-hybridized carbons (Fsp3) is 0.208. The Morgan fingerprint density at radius 3 is 2.32 bits per heavy atom. The summed E-state index contributed by atoms with van der Waals surface area (Å²) in [5.74, 6) is -0.131. The molecule has 1 amide bonds. The van der Waals surface area contributed by atoms with Crippen molar-refractivity contribution in [1.29, 1.82) is 0 Å². The highest BCUT2D eigenvalue weighted by atomic mass is 16.5. The monoisotopic (exact) mass is 414 g/mol. The van der Waals surface area contributed by atoms with E-state index in [-0.39, 0.29) is 11.5 Å². The van der Waals surface area contributed by atoms with Gasteiger partial charge in [-0.05, 0) is 17.7 Å². The molecule has 2 aromatic rings. The molecule has 0 radical (unpaired) electrons. The Kier molecular flexibility index (Phi) is 5.09. The van der Waals surface area contributed by atoms with E-state index >= 15 is 0 Å². The second-order valence-corrected chi connectivity index (χ2v) is 7.55. The molecular weight excluding hydrogens is 392 g/mol. The van der Waals surface area contributed by atoms with Gasteiger partial charge in [0, 0.05) is 32.0 Å². The molecule has 0 bridgehead atoms. The molecule has 7 nitrogen and oxygen atoms in total. The lowest BCUT2D eigenvalue weighted by molar-refractivity contribution is 0.0302. The number of benzene rings is 2. The van der Waals surface area contributed by atoms with Gasteiger partial charge < -0.3 is 14.2 Å². The van der Waals surface area contributed by atoms with Gasteiger partial charge in [-0.1, -0.05) is 48.5 Å². The van der Waals surface area contributed by atoms with Crippen molar-refractivity contribution in [3.05, 3.63) is 94.5 Å². The van der Waals surface area contributed by atoms with Crippen LogP contribution in [0.25, 0.3) is 16.9 Å². The average Bonchev–Trinajstić information content (AvgIpc) is 3.16. The minimum absolute atomic E-state index is 0.131. The normalized spacial score (nSPS) is 14.1. The predicted molar refractivity (Wildman–Crippen MR) is 117 cm³/mol. The molecule has 1 saturated heterocycles. The first-order valence-corrected chi connectivity index (χ1v) is 10.3. The van der Waals surface area contributed by atoms with Crippen molar-refractivity contribution in [1.82, 2.24) is 19.2 Å². The zero-order chi connectivity index (χ0) is 21.2. The Balaban J connectivity index is 1.65. The summed E-state index contributed by atoms with van der Waals surface area (Å²) in [6.07, 6.45) is 3.59. The van der Waals surface area contributed by atoms with Crippen LogP contribution in [0.3, 0.4) is 0 Å². The van der Waals surface area contributed by atoms with E-state index in [0.29, 0.717) is 55.4 Å². The van der Waals surface area contributed by atoms with Crippen molar-refractivity contribution < 1.29 is 9.53 Å². The Morgan fingerprint density at radius 2 is 1.61 bits per heavy atom. The van der Waals surface area contributed by atoms with Crippen LogP contribution in [-0.2, 0) is 11.3 Å². The van der Waals surface area contributed by atoms with E-state index in [1.165, 1.54) is 4.68 Å². The van der Waals surface area contributed by atoms with Crippen LogP contribution >= 0.6 is 0 Å². The van der Waals surface area contributed by atoms with Crippen LogP contribution in [0.4, 0.5) is 0 Å². The number of nitrogens with zero attached hydrogens (tertiary/aromatic N) is 4. The number of hydrogen-bond acceptors (Lipinski definition) is 4. The summed E-state index contributed by atoms with van der Waals surface area (Å²) in [4.78, 5) is 28.4. The summed E-state index contributed by atoms with van der Waals surface area (Å²) in [5, 5.41) is 4.56. The van der Waals surface area contributed by atoms with Gasteiger partial charge in [-0.25, -0.2) is 0 Å². The molecule has 0 aromatic heterocycles. The summed E-state index contributed by atoms with van der Waals surface area (Å²) in [6, 6.07) is 19.2. The second kappa shape index (κ2) is 8.20. The fourth-order valence-corrected chi connectivity index (χ4v) is 3.88. The predicted octanol–water partition coefficient (Wildman–Crippen LogP) is 2.66. The number of carbonyl (C=O) groups is 1. The standard InChI is InChI=1S/C24H22N4O3/c29-23(27-11-13-31-14-12-27)20-16-26(15-18-7-3-1-4-8-18)17-21-22(20)25-28(24(21)30)19-9-5-2-6-10-19/h1-10,16-17H,11-15H2. The summed E-state index contributed by atoms with van der Waals surface area (Å²) >= 11 is 0. The van der Waals surface area contributed by atoms with E-state index in [9.17, 15) is 9.59 Å².